The minimum absolute atomic E-state index is 0.0313. The highest BCUT2D eigenvalue weighted by Gasteiger charge is 2.40. The zero-order chi connectivity index (χ0) is 10.1. The standard InChI is InChI=1S/C10H20BrNO/c1-8(6-11)7-12-5-4-9(13)10(12,2)3/h8-9,13H,4-7H2,1-3H3. The summed E-state index contributed by atoms with van der Waals surface area (Å²) in [6.45, 7) is 8.60. The van der Waals surface area contributed by atoms with Gasteiger partial charge in [0.1, 0.15) is 0 Å². The Labute approximate surface area is 89.4 Å². The second-order valence-electron chi connectivity index (χ2n) is 4.66. The summed E-state index contributed by atoms with van der Waals surface area (Å²) in [5.41, 5.74) is -0.0313. The van der Waals surface area contributed by atoms with E-state index in [2.05, 4.69) is 41.6 Å². The van der Waals surface area contributed by atoms with Crippen molar-refractivity contribution in [2.75, 3.05) is 18.4 Å². The number of aliphatic hydroxyl groups is 1. The fraction of sp³-hybridized carbons (Fsp3) is 1.00. The van der Waals surface area contributed by atoms with Crippen LogP contribution in [0.4, 0.5) is 0 Å². The molecule has 0 aromatic heterocycles. The Morgan fingerprint density at radius 1 is 1.62 bits per heavy atom. The molecule has 13 heavy (non-hydrogen) atoms. The molecule has 0 aliphatic carbocycles. The number of rotatable bonds is 3. The Morgan fingerprint density at radius 3 is 2.62 bits per heavy atom. The molecule has 2 unspecified atom stereocenters. The molecule has 0 saturated carbocycles. The zero-order valence-electron chi connectivity index (χ0n) is 8.76. The molecule has 0 spiro atoms. The van der Waals surface area contributed by atoms with Gasteiger partial charge in [-0.1, -0.05) is 22.9 Å². The van der Waals surface area contributed by atoms with Crippen molar-refractivity contribution >= 4 is 15.9 Å². The molecule has 78 valence electrons. The Bertz CT molecular complexity index is 172. The molecule has 1 saturated heterocycles. The van der Waals surface area contributed by atoms with E-state index in [0.29, 0.717) is 5.92 Å². The Morgan fingerprint density at radius 2 is 2.23 bits per heavy atom. The summed E-state index contributed by atoms with van der Waals surface area (Å²) in [4.78, 5) is 2.39. The zero-order valence-corrected chi connectivity index (χ0v) is 10.3. The van der Waals surface area contributed by atoms with E-state index in [1.165, 1.54) is 0 Å². The van der Waals surface area contributed by atoms with Gasteiger partial charge in [-0.2, -0.15) is 0 Å². The monoisotopic (exact) mass is 249 g/mol. The third-order valence-electron chi connectivity index (χ3n) is 3.10. The van der Waals surface area contributed by atoms with Gasteiger partial charge in [-0.3, -0.25) is 4.90 Å². The predicted octanol–water partition coefficient (Wildman–Crippen LogP) is 1.86. The number of likely N-dealkylation sites (tertiary alicyclic amines) is 1. The van der Waals surface area contributed by atoms with Crippen molar-refractivity contribution in [3.05, 3.63) is 0 Å². The first-order valence-corrected chi connectivity index (χ1v) is 6.09. The average molecular weight is 250 g/mol. The van der Waals surface area contributed by atoms with Gasteiger partial charge in [-0.15, -0.1) is 0 Å². The minimum atomic E-state index is -0.157. The number of nitrogens with zero attached hydrogens (tertiary/aromatic N) is 1. The van der Waals surface area contributed by atoms with E-state index in [1.807, 2.05) is 0 Å². The minimum Gasteiger partial charge on any atom is -0.391 e. The summed E-state index contributed by atoms with van der Waals surface area (Å²) < 4.78 is 0. The quantitative estimate of drug-likeness (QED) is 0.773. The highest BCUT2D eigenvalue weighted by molar-refractivity contribution is 9.09. The van der Waals surface area contributed by atoms with Gasteiger partial charge >= 0.3 is 0 Å². The van der Waals surface area contributed by atoms with Crippen LogP contribution >= 0.6 is 15.9 Å². The smallest absolute Gasteiger partial charge is 0.0730 e. The number of hydrogen-bond donors (Lipinski definition) is 1. The van der Waals surface area contributed by atoms with Gasteiger partial charge in [-0.25, -0.2) is 0 Å². The van der Waals surface area contributed by atoms with Crippen molar-refractivity contribution in [2.45, 2.75) is 38.8 Å². The molecule has 0 radical (unpaired) electrons. The lowest BCUT2D eigenvalue weighted by molar-refractivity contribution is 0.0492. The molecule has 1 aliphatic heterocycles. The Balaban J connectivity index is 2.52. The Kier molecular flexibility index (Phi) is 3.78. The number of aliphatic hydroxyl groups excluding tert-OH is 1. The normalized spacial score (nSPS) is 30.7. The summed E-state index contributed by atoms with van der Waals surface area (Å²) >= 11 is 3.49. The number of halogens is 1. The molecule has 0 aromatic carbocycles. The van der Waals surface area contributed by atoms with Crippen molar-refractivity contribution in [1.29, 1.82) is 0 Å². The number of hydrogen-bond acceptors (Lipinski definition) is 2. The fourth-order valence-corrected chi connectivity index (χ4v) is 2.09. The Hall–Kier alpha value is 0.400. The van der Waals surface area contributed by atoms with Crippen LogP contribution in [0.25, 0.3) is 0 Å². The van der Waals surface area contributed by atoms with Gasteiger partial charge in [0.05, 0.1) is 6.10 Å². The van der Waals surface area contributed by atoms with Gasteiger partial charge in [0.15, 0.2) is 0 Å². The lowest BCUT2D eigenvalue weighted by atomic mass is 9.98. The van der Waals surface area contributed by atoms with Crippen LogP contribution in [0.3, 0.4) is 0 Å². The van der Waals surface area contributed by atoms with Gasteiger partial charge < -0.3 is 5.11 Å². The molecule has 2 atom stereocenters. The van der Waals surface area contributed by atoms with Crippen LogP contribution in [0.2, 0.25) is 0 Å². The van der Waals surface area contributed by atoms with Gasteiger partial charge in [0.25, 0.3) is 0 Å². The van der Waals surface area contributed by atoms with E-state index in [4.69, 9.17) is 0 Å². The first-order chi connectivity index (χ1) is 5.98. The largest absolute Gasteiger partial charge is 0.391 e. The highest BCUT2D eigenvalue weighted by atomic mass is 79.9. The second-order valence-corrected chi connectivity index (χ2v) is 5.31. The first kappa shape index (κ1) is 11.5. The maximum absolute atomic E-state index is 9.76. The summed E-state index contributed by atoms with van der Waals surface area (Å²) in [7, 11) is 0. The average Bonchev–Trinajstić information content (AvgIpc) is 2.31. The fourth-order valence-electron chi connectivity index (χ4n) is 1.88. The molecule has 3 heteroatoms. The molecular weight excluding hydrogens is 230 g/mol. The van der Waals surface area contributed by atoms with Crippen LogP contribution < -0.4 is 0 Å². The van der Waals surface area contributed by atoms with Crippen molar-refractivity contribution in [1.82, 2.24) is 4.90 Å². The van der Waals surface area contributed by atoms with E-state index in [1.54, 1.807) is 0 Å². The SMILES string of the molecule is CC(CBr)CN1CCC(O)C1(C)C. The van der Waals surface area contributed by atoms with Gasteiger partial charge in [0.2, 0.25) is 0 Å². The van der Waals surface area contributed by atoms with Crippen molar-refractivity contribution in [3.8, 4) is 0 Å². The predicted molar refractivity (Wildman–Crippen MR) is 59.2 cm³/mol. The maximum Gasteiger partial charge on any atom is 0.0730 e. The molecule has 1 heterocycles. The molecule has 1 fully saturated rings. The molecule has 0 aromatic rings. The first-order valence-electron chi connectivity index (χ1n) is 4.97. The van der Waals surface area contributed by atoms with Gasteiger partial charge in [0, 0.05) is 24.0 Å². The van der Waals surface area contributed by atoms with Crippen molar-refractivity contribution in [2.24, 2.45) is 5.92 Å². The molecule has 1 N–H and O–H groups in total. The molecule has 2 nitrogen and oxygen atoms in total. The van der Waals surface area contributed by atoms with Crippen molar-refractivity contribution < 1.29 is 5.11 Å². The molecular formula is C10H20BrNO. The maximum atomic E-state index is 9.76. The van der Waals surface area contributed by atoms with Crippen LogP contribution in [-0.4, -0.2) is 40.1 Å². The topological polar surface area (TPSA) is 23.5 Å². The van der Waals surface area contributed by atoms with E-state index >= 15 is 0 Å². The summed E-state index contributed by atoms with van der Waals surface area (Å²) in [6.07, 6.45) is 0.761. The summed E-state index contributed by atoms with van der Waals surface area (Å²) in [5.74, 6) is 0.657. The van der Waals surface area contributed by atoms with Crippen LogP contribution in [0.1, 0.15) is 27.2 Å². The lowest BCUT2D eigenvalue weighted by Crippen LogP contribution is -2.46. The van der Waals surface area contributed by atoms with Crippen LogP contribution in [0, 0.1) is 5.92 Å². The van der Waals surface area contributed by atoms with Crippen LogP contribution in [-0.2, 0) is 0 Å². The lowest BCUT2D eigenvalue weighted by Gasteiger charge is -2.35. The van der Waals surface area contributed by atoms with E-state index in [-0.39, 0.29) is 11.6 Å². The molecule has 0 bridgehead atoms. The van der Waals surface area contributed by atoms with Crippen LogP contribution in [0.5, 0.6) is 0 Å². The molecule has 1 aliphatic rings. The third kappa shape index (κ3) is 2.45. The third-order valence-corrected chi connectivity index (χ3v) is 4.20. The van der Waals surface area contributed by atoms with Crippen LogP contribution in [0.15, 0.2) is 0 Å². The highest BCUT2D eigenvalue weighted by Crippen LogP contribution is 2.29. The van der Waals surface area contributed by atoms with E-state index in [9.17, 15) is 5.11 Å². The number of alkyl halides is 1. The van der Waals surface area contributed by atoms with Gasteiger partial charge in [-0.05, 0) is 26.2 Å². The second kappa shape index (κ2) is 4.28. The summed E-state index contributed by atoms with van der Waals surface area (Å²) in [6, 6.07) is 0. The molecule has 1 rings (SSSR count). The molecule has 0 amide bonds. The van der Waals surface area contributed by atoms with E-state index in [0.717, 1.165) is 24.8 Å². The van der Waals surface area contributed by atoms with Crippen molar-refractivity contribution in [3.63, 3.8) is 0 Å². The summed E-state index contributed by atoms with van der Waals surface area (Å²) in [5, 5.41) is 10.8. The van der Waals surface area contributed by atoms with E-state index < -0.39 is 0 Å².